The molecular formula is C14H20N2O3. The summed E-state index contributed by atoms with van der Waals surface area (Å²) in [4.78, 5) is 16.5. The number of nitrogens with two attached hydrogens (primary N) is 1. The van der Waals surface area contributed by atoms with E-state index < -0.39 is 5.54 Å². The van der Waals surface area contributed by atoms with E-state index in [0.29, 0.717) is 37.4 Å². The molecule has 1 aromatic heterocycles. The number of hydrogen-bond donors (Lipinski definition) is 1. The highest BCUT2D eigenvalue weighted by atomic mass is 16.5. The van der Waals surface area contributed by atoms with Gasteiger partial charge >= 0.3 is 0 Å². The van der Waals surface area contributed by atoms with Crippen LogP contribution in [0.2, 0.25) is 0 Å². The molecule has 1 aliphatic rings. The fraction of sp³-hybridized carbons (Fsp3) is 0.571. The lowest BCUT2D eigenvalue weighted by Gasteiger charge is -2.31. The van der Waals surface area contributed by atoms with E-state index >= 15 is 0 Å². The molecule has 2 rings (SSSR count). The molecule has 0 bridgehead atoms. The zero-order valence-corrected chi connectivity index (χ0v) is 11.4. The predicted octanol–water partition coefficient (Wildman–Crippen LogP) is 1.56. The Morgan fingerprint density at radius 3 is 2.74 bits per heavy atom. The highest BCUT2D eigenvalue weighted by Crippen LogP contribution is 2.24. The van der Waals surface area contributed by atoms with E-state index in [-0.39, 0.29) is 11.9 Å². The van der Waals surface area contributed by atoms with Crippen LogP contribution in [-0.2, 0) is 4.74 Å². The second-order valence-corrected chi connectivity index (χ2v) is 5.17. The maximum absolute atomic E-state index is 12.5. The Morgan fingerprint density at radius 2 is 2.11 bits per heavy atom. The van der Waals surface area contributed by atoms with Crippen molar-refractivity contribution in [2.75, 3.05) is 13.2 Å². The molecule has 0 saturated carbocycles. The fourth-order valence-electron chi connectivity index (χ4n) is 2.13. The Kier molecular flexibility index (Phi) is 4.17. The van der Waals surface area contributed by atoms with Crippen LogP contribution in [0.25, 0.3) is 0 Å². The van der Waals surface area contributed by atoms with Gasteiger partial charge in [0.25, 0.3) is 0 Å². The minimum absolute atomic E-state index is 0.0436. The van der Waals surface area contributed by atoms with Crippen LogP contribution in [0.1, 0.15) is 37.0 Å². The monoisotopic (exact) mass is 264 g/mol. The van der Waals surface area contributed by atoms with E-state index in [2.05, 4.69) is 4.98 Å². The third kappa shape index (κ3) is 3.30. The number of pyridine rings is 1. The maximum atomic E-state index is 12.5. The van der Waals surface area contributed by atoms with Crippen LogP contribution < -0.4 is 10.5 Å². The van der Waals surface area contributed by atoms with Gasteiger partial charge in [-0.1, -0.05) is 0 Å². The summed E-state index contributed by atoms with van der Waals surface area (Å²) >= 11 is 0. The number of hydrogen-bond acceptors (Lipinski definition) is 5. The molecule has 1 aromatic rings. The Labute approximate surface area is 113 Å². The first kappa shape index (κ1) is 14.0. The van der Waals surface area contributed by atoms with E-state index in [1.165, 1.54) is 0 Å². The maximum Gasteiger partial charge on any atom is 0.184 e. The van der Waals surface area contributed by atoms with Crippen molar-refractivity contribution < 1.29 is 14.3 Å². The lowest BCUT2D eigenvalue weighted by atomic mass is 9.84. The third-order valence-corrected chi connectivity index (χ3v) is 3.18. The summed E-state index contributed by atoms with van der Waals surface area (Å²) in [5, 5.41) is 0. The van der Waals surface area contributed by atoms with Crippen molar-refractivity contribution in [1.82, 2.24) is 4.98 Å². The Morgan fingerprint density at radius 1 is 1.42 bits per heavy atom. The number of ether oxygens (including phenoxy) is 2. The van der Waals surface area contributed by atoms with Gasteiger partial charge in [0, 0.05) is 25.0 Å². The topological polar surface area (TPSA) is 74.4 Å². The van der Waals surface area contributed by atoms with Gasteiger partial charge in [0.15, 0.2) is 5.78 Å². The summed E-state index contributed by atoms with van der Waals surface area (Å²) < 4.78 is 10.8. The van der Waals surface area contributed by atoms with Crippen LogP contribution >= 0.6 is 0 Å². The van der Waals surface area contributed by atoms with Gasteiger partial charge in [-0.3, -0.25) is 9.78 Å². The van der Waals surface area contributed by atoms with Gasteiger partial charge in [0.05, 0.1) is 17.8 Å². The van der Waals surface area contributed by atoms with Gasteiger partial charge in [-0.05, 0) is 32.8 Å². The molecule has 104 valence electrons. The molecule has 19 heavy (non-hydrogen) atoms. The van der Waals surface area contributed by atoms with Gasteiger partial charge in [-0.15, -0.1) is 0 Å². The Hall–Kier alpha value is -1.46. The molecule has 1 aliphatic heterocycles. The van der Waals surface area contributed by atoms with Crippen LogP contribution in [0, 0.1) is 0 Å². The highest BCUT2D eigenvalue weighted by molar-refractivity contribution is 6.03. The molecule has 5 nitrogen and oxygen atoms in total. The van der Waals surface area contributed by atoms with Gasteiger partial charge in [-0.2, -0.15) is 0 Å². The van der Waals surface area contributed by atoms with Crippen molar-refractivity contribution in [2.45, 2.75) is 38.3 Å². The number of aromatic nitrogens is 1. The van der Waals surface area contributed by atoms with E-state index in [1.807, 2.05) is 13.8 Å². The highest BCUT2D eigenvalue weighted by Gasteiger charge is 2.36. The molecule has 2 heterocycles. The molecule has 0 atom stereocenters. The minimum Gasteiger partial charge on any atom is -0.489 e. The van der Waals surface area contributed by atoms with Gasteiger partial charge < -0.3 is 15.2 Å². The van der Waals surface area contributed by atoms with Crippen LogP contribution in [0.3, 0.4) is 0 Å². The second kappa shape index (κ2) is 5.67. The van der Waals surface area contributed by atoms with E-state index in [1.54, 1.807) is 18.5 Å². The van der Waals surface area contributed by atoms with E-state index in [4.69, 9.17) is 15.2 Å². The predicted molar refractivity (Wildman–Crippen MR) is 71.3 cm³/mol. The first-order chi connectivity index (χ1) is 9.01. The smallest absolute Gasteiger partial charge is 0.184 e. The summed E-state index contributed by atoms with van der Waals surface area (Å²) in [5.74, 6) is 0.508. The van der Waals surface area contributed by atoms with Crippen LogP contribution in [-0.4, -0.2) is 35.6 Å². The molecule has 5 heteroatoms. The van der Waals surface area contributed by atoms with Gasteiger partial charge in [0.2, 0.25) is 0 Å². The van der Waals surface area contributed by atoms with Crippen molar-refractivity contribution in [1.29, 1.82) is 0 Å². The molecule has 0 aromatic carbocycles. The Bertz CT molecular complexity index is 454. The average molecular weight is 264 g/mol. The van der Waals surface area contributed by atoms with Gasteiger partial charge in [0.1, 0.15) is 5.75 Å². The summed E-state index contributed by atoms with van der Waals surface area (Å²) in [6.45, 7) is 4.91. The average Bonchev–Trinajstić information content (AvgIpc) is 2.38. The molecular weight excluding hydrogens is 244 g/mol. The standard InChI is InChI=1S/C14H20N2O3/c1-10(2)19-12-7-11(8-16-9-12)13(17)14(15)3-5-18-6-4-14/h7-10H,3-6,15H2,1-2H3. The van der Waals surface area contributed by atoms with Gasteiger partial charge in [-0.25, -0.2) is 0 Å². The first-order valence-electron chi connectivity index (χ1n) is 6.54. The fourth-order valence-corrected chi connectivity index (χ4v) is 2.13. The van der Waals surface area contributed by atoms with E-state index in [9.17, 15) is 4.79 Å². The van der Waals surface area contributed by atoms with Crippen molar-refractivity contribution >= 4 is 5.78 Å². The number of rotatable bonds is 4. The lowest BCUT2D eigenvalue weighted by Crippen LogP contribution is -2.51. The number of nitrogens with zero attached hydrogens (tertiary/aromatic N) is 1. The second-order valence-electron chi connectivity index (χ2n) is 5.17. The van der Waals surface area contributed by atoms with Crippen LogP contribution in [0.5, 0.6) is 5.75 Å². The van der Waals surface area contributed by atoms with Crippen LogP contribution in [0.15, 0.2) is 18.5 Å². The molecule has 0 spiro atoms. The minimum atomic E-state index is -0.837. The normalized spacial score (nSPS) is 18.3. The lowest BCUT2D eigenvalue weighted by molar-refractivity contribution is 0.0447. The van der Waals surface area contributed by atoms with Crippen molar-refractivity contribution in [3.8, 4) is 5.75 Å². The zero-order valence-electron chi connectivity index (χ0n) is 11.4. The quantitative estimate of drug-likeness (QED) is 0.835. The largest absolute Gasteiger partial charge is 0.489 e. The first-order valence-corrected chi connectivity index (χ1v) is 6.54. The number of Topliss-reactive ketones (excluding diaryl/α,β-unsaturated/α-hetero) is 1. The summed E-state index contributed by atoms with van der Waals surface area (Å²) in [5.41, 5.74) is 5.85. The zero-order chi connectivity index (χ0) is 13.9. The van der Waals surface area contributed by atoms with Crippen LogP contribution in [0.4, 0.5) is 0 Å². The number of ketones is 1. The number of carbonyl (C=O) groups excluding carboxylic acids is 1. The van der Waals surface area contributed by atoms with Crippen molar-refractivity contribution in [3.05, 3.63) is 24.0 Å². The third-order valence-electron chi connectivity index (χ3n) is 3.18. The Balaban J connectivity index is 2.18. The van der Waals surface area contributed by atoms with E-state index in [0.717, 1.165) is 0 Å². The molecule has 2 N–H and O–H groups in total. The SMILES string of the molecule is CC(C)Oc1cncc(C(=O)C2(N)CCOCC2)c1. The summed E-state index contributed by atoms with van der Waals surface area (Å²) in [7, 11) is 0. The summed E-state index contributed by atoms with van der Waals surface area (Å²) in [6, 6.07) is 1.71. The summed E-state index contributed by atoms with van der Waals surface area (Å²) in [6.07, 6.45) is 4.27. The molecule has 0 radical (unpaired) electrons. The molecule has 1 saturated heterocycles. The molecule has 0 unspecified atom stereocenters. The van der Waals surface area contributed by atoms with Crippen molar-refractivity contribution in [3.63, 3.8) is 0 Å². The molecule has 0 amide bonds. The number of carbonyl (C=O) groups is 1. The molecule has 0 aliphatic carbocycles. The molecule has 1 fully saturated rings. The van der Waals surface area contributed by atoms with Crippen molar-refractivity contribution in [2.24, 2.45) is 5.73 Å².